The predicted octanol–water partition coefficient (Wildman–Crippen LogP) is 3.60. The lowest BCUT2D eigenvalue weighted by atomic mass is 9.95. The van der Waals surface area contributed by atoms with Crippen LogP contribution >= 0.6 is 0 Å². The highest BCUT2D eigenvalue weighted by Crippen LogP contribution is 2.46. The summed E-state index contributed by atoms with van der Waals surface area (Å²) in [5.74, 6) is 2.46. The second-order valence-electron chi connectivity index (χ2n) is 6.14. The van der Waals surface area contributed by atoms with Gasteiger partial charge in [-0.2, -0.15) is 0 Å². The Balaban J connectivity index is 1.59. The molecule has 3 nitrogen and oxygen atoms in total. The molecule has 0 aromatic heterocycles. The van der Waals surface area contributed by atoms with Crippen LogP contribution in [0.2, 0.25) is 0 Å². The standard InChI is InChI=1S/C18H17NO2/c1-3-14-13-5-6-19-16(8-13)15(14)7-11(1)12-2-4-17-18(9-12)21-10-20-17/h1-4,7,9,13,16,19H,5-6,8,10H2/t13-,16-/m1/s1. The van der Waals surface area contributed by atoms with Crippen LogP contribution in [0.1, 0.15) is 35.9 Å². The SMILES string of the molecule is c1cc2c(cc1-c1ccc3c(c1)[C@H]1C[C@H]3CCN1)OCO2. The van der Waals surface area contributed by atoms with Crippen LogP contribution < -0.4 is 14.8 Å². The van der Waals surface area contributed by atoms with Crippen LogP contribution in [0.4, 0.5) is 0 Å². The normalized spacial score (nSPS) is 25.0. The van der Waals surface area contributed by atoms with Gasteiger partial charge in [0.05, 0.1) is 0 Å². The summed E-state index contributed by atoms with van der Waals surface area (Å²) in [6, 6.07) is 13.7. The minimum absolute atomic E-state index is 0.330. The molecule has 2 heterocycles. The number of piperidine rings is 1. The molecule has 0 spiro atoms. The van der Waals surface area contributed by atoms with Gasteiger partial charge in [0, 0.05) is 6.04 Å². The van der Waals surface area contributed by atoms with Crippen LogP contribution in [0.3, 0.4) is 0 Å². The van der Waals surface area contributed by atoms with Gasteiger partial charge in [-0.25, -0.2) is 0 Å². The molecule has 2 aromatic rings. The molecule has 1 N–H and O–H groups in total. The summed E-state index contributed by atoms with van der Waals surface area (Å²) in [5.41, 5.74) is 5.51. The second-order valence-corrected chi connectivity index (χ2v) is 6.14. The van der Waals surface area contributed by atoms with Crippen molar-refractivity contribution in [3.63, 3.8) is 0 Å². The summed E-state index contributed by atoms with van der Waals surface area (Å²) in [7, 11) is 0. The van der Waals surface area contributed by atoms with E-state index in [9.17, 15) is 0 Å². The maximum Gasteiger partial charge on any atom is 0.231 e. The molecule has 2 aromatic carbocycles. The fourth-order valence-corrected chi connectivity index (χ4v) is 3.94. The number of ether oxygens (including phenoxy) is 2. The minimum atomic E-state index is 0.330. The Bertz CT molecular complexity index is 725. The van der Waals surface area contributed by atoms with Crippen molar-refractivity contribution in [1.82, 2.24) is 5.32 Å². The molecule has 2 aliphatic heterocycles. The zero-order valence-electron chi connectivity index (χ0n) is 11.8. The first kappa shape index (κ1) is 11.6. The summed E-state index contributed by atoms with van der Waals surface area (Å²) in [6.07, 6.45) is 2.53. The van der Waals surface area contributed by atoms with E-state index in [0.29, 0.717) is 12.8 Å². The molecule has 3 aliphatic rings. The summed E-state index contributed by atoms with van der Waals surface area (Å²) < 4.78 is 10.9. The molecule has 0 radical (unpaired) electrons. The molecule has 0 amide bonds. The van der Waals surface area contributed by atoms with Crippen molar-refractivity contribution in [3.05, 3.63) is 47.5 Å². The van der Waals surface area contributed by atoms with Gasteiger partial charge in [-0.05, 0) is 65.8 Å². The van der Waals surface area contributed by atoms with Crippen LogP contribution in [0.25, 0.3) is 11.1 Å². The Morgan fingerprint density at radius 1 is 0.905 bits per heavy atom. The van der Waals surface area contributed by atoms with Gasteiger partial charge in [-0.3, -0.25) is 0 Å². The molecule has 5 rings (SSSR count). The highest BCUT2D eigenvalue weighted by atomic mass is 16.7. The zero-order chi connectivity index (χ0) is 13.8. The molecule has 1 fully saturated rings. The van der Waals surface area contributed by atoms with E-state index in [0.717, 1.165) is 24.0 Å². The fraction of sp³-hybridized carbons (Fsp3) is 0.333. The van der Waals surface area contributed by atoms with Gasteiger partial charge in [-0.1, -0.05) is 18.2 Å². The van der Waals surface area contributed by atoms with E-state index >= 15 is 0 Å². The molecular formula is C18H17NO2. The summed E-state index contributed by atoms with van der Waals surface area (Å²) >= 11 is 0. The topological polar surface area (TPSA) is 30.5 Å². The Kier molecular flexibility index (Phi) is 2.35. The first-order chi connectivity index (χ1) is 10.4. The molecule has 0 unspecified atom stereocenters. The second kappa shape index (κ2) is 4.25. The molecule has 106 valence electrons. The van der Waals surface area contributed by atoms with E-state index in [-0.39, 0.29) is 0 Å². The minimum Gasteiger partial charge on any atom is -0.454 e. The van der Waals surface area contributed by atoms with Gasteiger partial charge >= 0.3 is 0 Å². The predicted molar refractivity (Wildman–Crippen MR) is 80.7 cm³/mol. The van der Waals surface area contributed by atoms with Gasteiger partial charge in [0.2, 0.25) is 6.79 Å². The Hall–Kier alpha value is -2.00. The van der Waals surface area contributed by atoms with Gasteiger partial charge in [0.15, 0.2) is 11.5 Å². The van der Waals surface area contributed by atoms with Crippen molar-refractivity contribution in [1.29, 1.82) is 0 Å². The van der Waals surface area contributed by atoms with Gasteiger partial charge in [-0.15, -0.1) is 0 Å². The molecule has 1 aliphatic carbocycles. The van der Waals surface area contributed by atoms with E-state index in [1.165, 1.54) is 29.5 Å². The van der Waals surface area contributed by atoms with Gasteiger partial charge < -0.3 is 14.8 Å². The monoisotopic (exact) mass is 279 g/mol. The maximum atomic E-state index is 5.49. The summed E-state index contributed by atoms with van der Waals surface area (Å²) in [5, 5.41) is 3.64. The molecule has 2 atom stereocenters. The van der Waals surface area contributed by atoms with Crippen LogP contribution in [-0.2, 0) is 0 Å². The number of hydrogen-bond donors (Lipinski definition) is 1. The maximum absolute atomic E-state index is 5.49. The number of hydrogen-bond acceptors (Lipinski definition) is 3. The van der Waals surface area contributed by atoms with Crippen molar-refractivity contribution in [2.75, 3.05) is 13.3 Å². The summed E-state index contributed by atoms with van der Waals surface area (Å²) in [6.45, 7) is 1.47. The number of rotatable bonds is 1. The smallest absolute Gasteiger partial charge is 0.231 e. The molecule has 3 heteroatoms. The zero-order valence-corrected chi connectivity index (χ0v) is 11.8. The molecule has 0 saturated carbocycles. The van der Waals surface area contributed by atoms with E-state index in [1.807, 2.05) is 6.07 Å². The third-order valence-electron chi connectivity index (χ3n) is 5.01. The third-order valence-corrected chi connectivity index (χ3v) is 5.01. The summed E-state index contributed by atoms with van der Waals surface area (Å²) in [4.78, 5) is 0. The van der Waals surface area contributed by atoms with E-state index in [4.69, 9.17) is 9.47 Å². The van der Waals surface area contributed by atoms with Gasteiger partial charge in [0.25, 0.3) is 0 Å². The first-order valence-electron chi connectivity index (χ1n) is 7.66. The molecule has 21 heavy (non-hydrogen) atoms. The Morgan fingerprint density at radius 3 is 2.76 bits per heavy atom. The van der Waals surface area contributed by atoms with Gasteiger partial charge in [0.1, 0.15) is 0 Å². The fourth-order valence-electron chi connectivity index (χ4n) is 3.94. The van der Waals surface area contributed by atoms with Crippen molar-refractivity contribution >= 4 is 0 Å². The number of fused-ring (bicyclic) bond motifs is 6. The van der Waals surface area contributed by atoms with Crippen LogP contribution in [-0.4, -0.2) is 13.3 Å². The lowest BCUT2D eigenvalue weighted by Gasteiger charge is -2.20. The Labute approximate surface area is 123 Å². The number of benzene rings is 2. The van der Waals surface area contributed by atoms with Crippen LogP contribution in [0.15, 0.2) is 36.4 Å². The highest BCUT2D eigenvalue weighted by molar-refractivity contribution is 5.69. The van der Waals surface area contributed by atoms with Crippen molar-refractivity contribution < 1.29 is 9.47 Å². The largest absolute Gasteiger partial charge is 0.454 e. The molecule has 1 saturated heterocycles. The lowest BCUT2D eigenvalue weighted by Crippen LogP contribution is -2.25. The van der Waals surface area contributed by atoms with E-state index in [1.54, 1.807) is 5.56 Å². The first-order valence-corrected chi connectivity index (χ1v) is 7.66. The van der Waals surface area contributed by atoms with Crippen LogP contribution in [0, 0.1) is 0 Å². The molecular weight excluding hydrogens is 262 g/mol. The van der Waals surface area contributed by atoms with E-state index in [2.05, 4.69) is 35.6 Å². The quantitative estimate of drug-likeness (QED) is 0.865. The average Bonchev–Trinajstić information content (AvgIpc) is 3.10. The van der Waals surface area contributed by atoms with Crippen molar-refractivity contribution in [3.8, 4) is 22.6 Å². The van der Waals surface area contributed by atoms with Crippen LogP contribution in [0.5, 0.6) is 11.5 Å². The molecule has 2 bridgehead atoms. The Morgan fingerprint density at radius 2 is 1.76 bits per heavy atom. The lowest BCUT2D eigenvalue weighted by molar-refractivity contribution is 0.174. The van der Waals surface area contributed by atoms with E-state index < -0.39 is 0 Å². The number of nitrogens with one attached hydrogen (secondary N) is 1. The van der Waals surface area contributed by atoms with Crippen molar-refractivity contribution in [2.45, 2.75) is 24.8 Å². The van der Waals surface area contributed by atoms with Crippen molar-refractivity contribution in [2.24, 2.45) is 0 Å². The average molecular weight is 279 g/mol. The highest BCUT2D eigenvalue weighted by Gasteiger charge is 2.33. The third kappa shape index (κ3) is 1.70.